The van der Waals surface area contributed by atoms with Gasteiger partial charge in [0.2, 0.25) is 5.91 Å². The number of likely N-dealkylation sites (N-methyl/N-ethyl adjacent to an activating group) is 1. The van der Waals surface area contributed by atoms with Crippen molar-refractivity contribution in [1.29, 1.82) is 0 Å². The van der Waals surface area contributed by atoms with Crippen LogP contribution in [0.15, 0.2) is 53.9 Å². The highest BCUT2D eigenvalue weighted by Crippen LogP contribution is 2.19. The van der Waals surface area contributed by atoms with Crippen molar-refractivity contribution in [2.75, 3.05) is 14.2 Å². The van der Waals surface area contributed by atoms with Gasteiger partial charge in [-0.25, -0.2) is 9.37 Å². The average Bonchev–Trinajstić information content (AvgIpc) is 3.16. The minimum absolute atomic E-state index is 0.180. The summed E-state index contributed by atoms with van der Waals surface area (Å²) >= 11 is 1.59. The number of aryl methyl sites for hydroxylation is 1. The number of rotatable bonds is 8. The molecule has 0 fully saturated rings. The van der Waals surface area contributed by atoms with Crippen molar-refractivity contribution in [2.45, 2.75) is 20.1 Å². The molecule has 0 bridgehead atoms. The molecule has 7 heteroatoms. The van der Waals surface area contributed by atoms with E-state index in [-0.39, 0.29) is 11.7 Å². The minimum Gasteiger partial charge on any atom is -0.494 e. The lowest BCUT2D eigenvalue weighted by Crippen LogP contribution is -2.24. The second-order valence-corrected chi connectivity index (χ2v) is 7.78. The SMILES string of the molecule is COc1ccc(CN(C)C(=O)/C=C/c2cccc(OCc3csc(C)n3)c2)cc1F. The zero-order chi connectivity index (χ0) is 21.5. The number of hydrogen-bond donors (Lipinski definition) is 0. The molecule has 0 N–H and O–H groups in total. The van der Waals surface area contributed by atoms with Gasteiger partial charge in [-0.05, 0) is 48.4 Å². The van der Waals surface area contributed by atoms with Crippen LogP contribution in [0.3, 0.4) is 0 Å². The first kappa shape index (κ1) is 21.5. The van der Waals surface area contributed by atoms with Crippen LogP contribution in [0.4, 0.5) is 4.39 Å². The maximum absolute atomic E-state index is 13.8. The number of benzene rings is 2. The lowest BCUT2D eigenvalue weighted by Gasteiger charge is -2.15. The van der Waals surface area contributed by atoms with Crippen molar-refractivity contribution in [1.82, 2.24) is 9.88 Å². The molecule has 3 aromatic rings. The van der Waals surface area contributed by atoms with Crippen molar-refractivity contribution < 1.29 is 18.7 Å². The van der Waals surface area contributed by atoms with Crippen molar-refractivity contribution in [3.63, 3.8) is 0 Å². The summed E-state index contributed by atoms with van der Waals surface area (Å²) in [4.78, 5) is 18.3. The molecule has 0 aliphatic rings. The summed E-state index contributed by atoms with van der Waals surface area (Å²) in [7, 11) is 3.09. The third-order valence-corrected chi connectivity index (χ3v) is 5.16. The maximum Gasteiger partial charge on any atom is 0.246 e. The second kappa shape index (κ2) is 10.0. The molecule has 0 radical (unpaired) electrons. The van der Waals surface area contributed by atoms with Gasteiger partial charge in [-0.2, -0.15) is 0 Å². The van der Waals surface area contributed by atoms with Gasteiger partial charge < -0.3 is 14.4 Å². The Balaban J connectivity index is 1.57. The van der Waals surface area contributed by atoms with Crippen molar-refractivity contribution in [2.24, 2.45) is 0 Å². The van der Waals surface area contributed by atoms with E-state index in [1.54, 1.807) is 36.6 Å². The fourth-order valence-corrected chi connectivity index (χ4v) is 3.39. The molecular weight excluding hydrogens is 403 g/mol. The van der Waals surface area contributed by atoms with Gasteiger partial charge in [0.05, 0.1) is 17.8 Å². The predicted octanol–water partition coefficient (Wildman–Crippen LogP) is 4.85. The molecule has 30 heavy (non-hydrogen) atoms. The van der Waals surface area contributed by atoms with Gasteiger partial charge in [0, 0.05) is 25.0 Å². The minimum atomic E-state index is -0.448. The van der Waals surface area contributed by atoms with Crippen LogP contribution in [0, 0.1) is 12.7 Å². The molecule has 0 aliphatic heterocycles. The van der Waals surface area contributed by atoms with Crippen LogP contribution in [-0.4, -0.2) is 29.9 Å². The number of methoxy groups -OCH3 is 1. The van der Waals surface area contributed by atoms with E-state index in [2.05, 4.69) is 4.98 Å². The molecule has 0 saturated carbocycles. The lowest BCUT2D eigenvalue weighted by atomic mass is 10.2. The highest BCUT2D eigenvalue weighted by atomic mass is 32.1. The Morgan fingerprint density at radius 2 is 2.10 bits per heavy atom. The van der Waals surface area contributed by atoms with Gasteiger partial charge in [0.15, 0.2) is 11.6 Å². The van der Waals surface area contributed by atoms with Crippen molar-refractivity contribution >= 4 is 23.3 Å². The zero-order valence-corrected chi connectivity index (χ0v) is 17.9. The first-order valence-electron chi connectivity index (χ1n) is 9.34. The molecule has 2 aromatic carbocycles. The van der Waals surface area contributed by atoms with Gasteiger partial charge in [0.1, 0.15) is 12.4 Å². The molecule has 1 heterocycles. The quantitative estimate of drug-likeness (QED) is 0.483. The van der Waals surface area contributed by atoms with Crippen LogP contribution in [0.25, 0.3) is 6.08 Å². The summed E-state index contributed by atoms with van der Waals surface area (Å²) in [5, 5.41) is 2.98. The van der Waals surface area contributed by atoms with E-state index < -0.39 is 5.82 Å². The summed E-state index contributed by atoms with van der Waals surface area (Å²) < 4.78 is 24.5. The predicted molar refractivity (Wildman–Crippen MR) is 116 cm³/mol. The number of nitrogens with zero attached hydrogens (tertiary/aromatic N) is 2. The number of ether oxygens (including phenoxy) is 2. The van der Waals surface area contributed by atoms with E-state index in [1.807, 2.05) is 36.6 Å². The molecule has 1 amide bonds. The largest absolute Gasteiger partial charge is 0.494 e. The number of carbonyl (C=O) groups excluding carboxylic acids is 1. The van der Waals surface area contributed by atoms with Crippen LogP contribution >= 0.6 is 11.3 Å². The molecule has 0 unspecified atom stereocenters. The summed E-state index contributed by atoms with van der Waals surface area (Å²) in [6.45, 7) is 2.65. The van der Waals surface area contributed by atoms with Crippen LogP contribution in [0.1, 0.15) is 21.8 Å². The summed E-state index contributed by atoms with van der Waals surface area (Å²) in [5.74, 6) is 0.253. The molecule has 0 spiro atoms. The van der Waals surface area contributed by atoms with Crippen LogP contribution in [0.2, 0.25) is 0 Å². The van der Waals surface area contributed by atoms with E-state index in [4.69, 9.17) is 9.47 Å². The molecule has 0 aliphatic carbocycles. The lowest BCUT2D eigenvalue weighted by molar-refractivity contribution is -0.125. The van der Waals surface area contributed by atoms with E-state index in [0.717, 1.165) is 16.3 Å². The van der Waals surface area contributed by atoms with E-state index in [0.29, 0.717) is 24.5 Å². The van der Waals surface area contributed by atoms with Gasteiger partial charge in [-0.1, -0.05) is 18.2 Å². The van der Waals surface area contributed by atoms with Gasteiger partial charge in [0.25, 0.3) is 0 Å². The Morgan fingerprint density at radius 1 is 1.27 bits per heavy atom. The molecule has 156 valence electrons. The Kier molecular flexibility index (Phi) is 7.19. The third kappa shape index (κ3) is 5.90. The number of hydrogen-bond acceptors (Lipinski definition) is 5. The average molecular weight is 427 g/mol. The van der Waals surface area contributed by atoms with Gasteiger partial charge >= 0.3 is 0 Å². The Bertz CT molecular complexity index is 1050. The first-order valence-corrected chi connectivity index (χ1v) is 10.2. The fourth-order valence-electron chi connectivity index (χ4n) is 2.79. The van der Waals surface area contributed by atoms with Crippen LogP contribution in [-0.2, 0) is 17.9 Å². The smallest absolute Gasteiger partial charge is 0.246 e. The van der Waals surface area contributed by atoms with E-state index in [9.17, 15) is 9.18 Å². The first-order chi connectivity index (χ1) is 14.4. The topological polar surface area (TPSA) is 51.7 Å². The van der Waals surface area contributed by atoms with Crippen molar-refractivity contribution in [3.8, 4) is 11.5 Å². The third-order valence-electron chi connectivity index (χ3n) is 4.34. The summed E-state index contributed by atoms with van der Waals surface area (Å²) in [6, 6.07) is 12.1. The molecule has 3 rings (SSSR count). The summed E-state index contributed by atoms with van der Waals surface area (Å²) in [6.07, 6.45) is 3.22. The fraction of sp³-hybridized carbons (Fsp3) is 0.217. The molecule has 5 nitrogen and oxygen atoms in total. The number of amides is 1. The maximum atomic E-state index is 13.8. The van der Waals surface area contributed by atoms with Crippen molar-refractivity contribution in [3.05, 3.63) is 81.6 Å². The number of halogens is 1. The zero-order valence-electron chi connectivity index (χ0n) is 17.1. The second-order valence-electron chi connectivity index (χ2n) is 6.72. The Morgan fingerprint density at radius 3 is 2.80 bits per heavy atom. The Hall–Kier alpha value is -3.19. The van der Waals surface area contributed by atoms with Crippen LogP contribution in [0.5, 0.6) is 11.5 Å². The number of aromatic nitrogens is 1. The monoisotopic (exact) mass is 426 g/mol. The van der Waals surface area contributed by atoms with Gasteiger partial charge in [-0.3, -0.25) is 4.79 Å². The highest BCUT2D eigenvalue weighted by Gasteiger charge is 2.09. The van der Waals surface area contributed by atoms with Gasteiger partial charge in [-0.15, -0.1) is 11.3 Å². The Labute approximate surface area is 179 Å². The number of thiazole rings is 1. The standard InChI is InChI=1S/C23H23FN2O3S/c1-16-25-19(15-30-16)14-29-20-6-4-5-17(11-20)8-10-23(27)26(2)13-18-7-9-22(28-3)21(24)12-18/h4-12,15H,13-14H2,1-3H3/b10-8+. The molecular formula is C23H23FN2O3S. The highest BCUT2D eigenvalue weighted by molar-refractivity contribution is 7.09. The van der Waals surface area contributed by atoms with E-state index in [1.165, 1.54) is 24.2 Å². The summed E-state index contributed by atoms with van der Waals surface area (Å²) in [5.41, 5.74) is 2.43. The number of carbonyl (C=O) groups is 1. The van der Waals surface area contributed by atoms with E-state index >= 15 is 0 Å². The van der Waals surface area contributed by atoms with Crippen LogP contribution < -0.4 is 9.47 Å². The molecule has 0 saturated heterocycles. The molecule has 0 atom stereocenters. The molecule has 1 aromatic heterocycles. The normalized spacial score (nSPS) is 10.9.